The Hall–Kier alpha value is -1.78. The molecule has 0 amide bonds. The van der Waals surface area contributed by atoms with Crippen LogP contribution in [0.25, 0.3) is 21.9 Å². The summed E-state index contributed by atoms with van der Waals surface area (Å²) in [7, 11) is 0. The molecule has 3 aromatic rings. The zero-order valence-electron chi connectivity index (χ0n) is 12.8. The standard InChI is InChI=1S/C15H16N4O4S/c1-24-14-10-7-2-3-16-4-8(7)19(13(10)17-6-18-14)15-12(22)11(21)9(5-20)23-15/h2-4,6,9,11-12,15,20-22H,5H2,1H3/t9-,11-,12-,15-/m1/s1. The van der Waals surface area contributed by atoms with Gasteiger partial charge in [0.2, 0.25) is 0 Å². The Morgan fingerprint density at radius 2 is 2.12 bits per heavy atom. The van der Waals surface area contributed by atoms with Crippen LogP contribution >= 0.6 is 11.8 Å². The second-order valence-corrected chi connectivity index (χ2v) is 6.37. The smallest absolute Gasteiger partial charge is 0.165 e. The number of rotatable bonds is 3. The fraction of sp³-hybridized carbons (Fsp3) is 0.400. The Morgan fingerprint density at radius 1 is 1.29 bits per heavy atom. The third-order valence-electron chi connectivity index (χ3n) is 4.31. The van der Waals surface area contributed by atoms with Crippen LogP contribution in [0.3, 0.4) is 0 Å². The van der Waals surface area contributed by atoms with Crippen molar-refractivity contribution in [1.82, 2.24) is 19.5 Å². The number of aliphatic hydroxyl groups excluding tert-OH is 3. The molecule has 3 aromatic heterocycles. The highest BCUT2D eigenvalue weighted by atomic mass is 32.2. The molecular weight excluding hydrogens is 332 g/mol. The van der Waals surface area contributed by atoms with E-state index in [0.29, 0.717) is 5.65 Å². The van der Waals surface area contributed by atoms with Gasteiger partial charge in [0.25, 0.3) is 0 Å². The minimum atomic E-state index is -1.19. The van der Waals surface area contributed by atoms with Gasteiger partial charge in [-0.15, -0.1) is 11.8 Å². The molecule has 0 aliphatic carbocycles. The van der Waals surface area contributed by atoms with Gasteiger partial charge in [-0.25, -0.2) is 9.97 Å². The van der Waals surface area contributed by atoms with Crippen LogP contribution in [0.2, 0.25) is 0 Å². The van der Waals surface area contributed by atoms with E-state index < -0.39 is 24.5 Å². The lowest BCUT2D eigenvalue weighted by molar-refractivity contribution is -0.0490. The maximum absolute atomic E-state index is 10.4. The van der Waals surface area contributed by atoms with E-state index in [1.165, 1.54) is 18.1 Å². The number of hydrogen-bond donors (Lipinski definition) is 3. The lowest BCUT2D eigenvalue weighted by Crippen LogP contribution is -2.33. The van der Waals surface area contributed by atoms with E-state index in [4.69, 9.17) is 4.74 Å². The average Bonchev–Trinajstić information content (AvgIpc) is 3.10. The fourth-order valence-corrected chi connectivity index (χ4v) is 3.75. The number of aromatic nitrogens is 4. The molecule has 1 fully saturated rings. The molecule has 9 heteroatoms. The number of ether oxygens (including phenoxy) is 1. The van der Waals surface area contributed by atoms with Crippen LogP contribution in [0.4, 0.5) is 0 Å². The second kappa shape index (κ2) is 5.94. The first-order valence-corrected chi connectivity index (χ1v) is 8.65. The minimum absolute atomic E-state index is 0.380. The molecule has 0 bridgehead atoms. The van der Waals surface area contributed by atoms with Crippen molar-refractivity contribution in [3.8, 4) is 0 Å². The highest BCUT2D eigenvalue weighted by Crippen LogP contribution is 2.39. The fourth-order valence-electron chi connectivity index (χ4n) is 3.19. The molecule has 3 N–H and O–H groups in total. The SMILES string of the molecule is CSc1ncnc2c1c1ccncc1n2[C@@H]1O[C@H](CO)[C@@H](O)[C@H]1O. The number of hydrogen-bond acceptors (Lipinski definition) is 8. The van der Waals surface area contributed by atoms with Gasteiger partial charge in [0.1, 0.15) is 35.3 Å². The van der Waals surface area contributed by atoms with Gasteiger partial charge in [0, 0.05) is 11.6 Å². The van der Waals surface area contributed by atoms with Crippen LogP contribution in [0.5, 0.6) is 0 Å². The number of nitrogens with zero attached hydrogens (tertiary/aromatic N) is 4. The third kappa shape index (κ3) is 2.13. The summed E-state index contributed by atoms with van der Waals surface area (Å²) in [6.45, 7) is -0.380. The van der Waals surface area contributed by atoms with Gasteiger partial charge in [-0.1, -0.05) is 0 Å². The molecule has 0 spiro atoms. The van der Waals surface area contributed by atoms with Gasteiger partial charge in [-0.05, 0) is 12.3 Å². The Kier molecular flexibility index (Phi) is 3.89. The summed E-state index contributed by atoms with van der Waals surface area (Å²) in [5.41, 5.74) is 1.31. The van der Waals surface area contributed by atoms with Crippen LogP contribution in [0.15, 0.2) is 29.8 Å². The van der Waals surface area contributed by atoms with Crippen molar-refractivity contribution >= 4 is 33.7 Å². The van der Waals surface area contributed by atoms with Crippen molar-refractivity contribution < 1.29 is 20.1 Å². The number of aliphatic hydroxyl groups is 3. The predicted octanol–water partition coefficient (Wildman–Crippen LogP) is 0.313. The van der Waals surface area contributed by atoms with E-state index >= 15 is 0 Å². The molecule has 0 radical (unpaired) electrons. The molecular formula is C15H16N4O4S. The summed E-state index contributed by atoms with van der Waals surface area (Å²) in [5.74, 6) is 0. The van der Waals surface area contributed by atoms with E-state index in [1.54, 1.807) is 17.0 Å². The van der Waals surface area contributed by atoms with Gasteiger partial charge in [0.15, 0.2) is 6.23 Å². The maximum atomic E-state index is 10.4. The summed E-state index contributed by atoms with van der Waals surface area (Å²) in [5, 5.41) is 32.3. The molecule has 0 saturated carbocycles. The molecule has 1 aliphatic rings. The van der Waals surface area contributed by atoms with Crippen molar-refractivity contribution in [2.45, 2.75) is 29.6 Å². The Balaban J connectivity index is 2.01. The van der Waals surface area contributed by atoms with Gasteiger partial charge in [0.05, 0.1) is 23.7 Å². The Bertz CT molecular complexity index is 902. The normalized spacial score (nSPS) is 27.3. The van der Waals surface area contributed by atoms with Crippen LogP contribution in [-0.4, -0.2) is 66.0 Å². The van der Waals surface area contributed by atoms with Crippen molar-refractivity contribution in [2.24, 2.45) is 0 Å². The first-order chi connectivity index (χ1) is 11.7. The van der Waals surface area contributed by atoms with Crippen molar-refractivity contribution in [1.29, 1.82) is 0 Å². The first-order valence-electron chi connectivity index (χ1n) is 7.42. The summed E-state index contributed by atoms with van der Waals surface area (Å²) in [6.07, 6.45) is 2.65. The van der Waals surface area contributed by atoms with E-state index in [0.717, 1.165) is 21.3 Å². The summed E-state index contributed by atoms with van der Waals surface area (Å²) >= 11 is 1.50. The van der Waals surface area contributed by atoms with E-state index in [1.807, 2.05) is 12.3 Å². The molecule has 4 heterocycles. The van der Waals surface area contributed by atoms with E-state index in [9.17, 15) is 15.3 Å². The number of fused-ring (bicyclic) bond motifs is 3. The zero-order valence-corrected chi connectivity index (χ0v) is 13.6. The minimum Gasteiger partial charge on any atom is -0.394 e. The van der Waals surface area contributed by atoms with Crippen molar-refractivity contribution in [3.05, 3.63) is 24.8 Å². The highest BCUT2D eigenvalue weighted by Gasteiger charge is 2.44. The van der Waals surface area contributed by atoms with Crippen LogP contribution in [0.1, 0.15) is 6.23 Å². The molecule has 4 atom stereocenters. The predicted molar refractivity (Wildman–Crippen MR) is 87.6 cm³/mol. The monoisotopic (exact) mass is 348 g/mol. The molecule has 0 unspecified atom stereocenters. The molecule has 8 nitrogen and oxygen atoms in total. The first kappa shape index (κ1) is 15.7. The van der Waals surface area contributed by atoms with Crippen LogP contribution in [0, 0.1) is 0 Å². The molecule has 4 rings (SSSR count). The lowest BCUT2D eigenvalue weighted by atomic mass is 10.1. The number of pyridine rings is 1. The maximum Gasteiger partial charge on any atom is 0.165 e. The summed E-state index contributed by atoms with van der Waals surface area (Å²) in [4.78, 5) is 12.8. The zero-order chi connectivity index (χ0) is 16.8. The van der Waals surface area contributed by atoms with Gasteiger partial charge >= 0.3 is 0 Å². The molecule has 24 heavy (non-hydrogen) atoms. The molecule has 0 aromatic carbocycles. The molecule has 126 valence electrons. The van der Waals surface area contributed by atoms with Crippen molar-refractivity contribution in [2.75, 3.05) is 12.9 Å². The second-order valence-electron chi connectivity index (χ2n) is 5.57. The highest BCUT2D eigenvalue weighted by molar-refractivity contribution is 7.98. The van der Waals surface area contributed by atoms with Crippen LogP contribution < -0.4 is 0 Å². The van der Waals surface area contributed by atoms with Crippen LogP contribution in [-0.2, 0) is 4.74 Å². The Morgan fingerprint density at radius 3 is 2.83 bits per heavy atom. The number of thioether (sulfide) groups is 1. The summed E-state index contributed by atoms with van der Waals surface area (Å²) in [6, 6.07) is 1.86. The van der Waals surface area contributed by atoms with Crippen molar-refractivity contribution in [3.63, 3.8) is 0 Å². The third-order valence-corrected chi connectivity index (χ3v) is 5.01. The largest absolute Gasteiger partial charge is 0.394 e. The van der Waals surface area contributed by atoms with E-state index in [-0.39, 0.29) is 6.61 Å². The Labute approximate surface area is 141 Å². The topological polar surface area (TPSA) is 114 Å². The molecule has 1 aliphatic heterocycles. The van der Waals surface area contributed by atoms with Gasteiger partial charge < -0.3 is 20.1 Å². The summed E-state index contributed by atoms with van der Waals surface area (Å²) < 4.78 is 7.40. The average molecular weight is 348 g/mol. The van der Waals surface area contributed by atoms with Gasteiger partial charge in [-0.2, -0.15) is 0 Å². The van der Waals surface area contributed by atoms with Gasteiger partial charge in [-0.3, -0.25) is 9.55 Å². The van der Waals surface area contributed by atoms with E-state index in [2.05, 4.69) is 15.0 Å². The lowest BCUT2D eigenvalue weighted by Gasteiger charge is -2.18. The molecule has 1 saturated heterocycles. The quantitative estimate of drug-likeness (QED) is 0.458.